The Morgan fingerprint density at radius 1 is 1.58 bits per heavy atom. The highest BCUT2D eigenvalue weighted by Gasteiger charge is 1.99. The summed E-state index contributed by atoms with van der Waals surface area (Å²) in [5, 5.41) is 0. The molecule has 0 fully saturated rings. The average molecular weight is 233 g/mol. The van der Waals surface area contributed by atoms with Crippen molar-refractivity contribution in [1.29, 1.82) is 0 Å². The normalized spacial score (nSPS) is 12.6. The molecular formula is C9H10BrFO. The second kappa shape index (κ2) is 4.45. The van der Waals surface area contributed by atoms with Gasteiger partial charge in [-0.05, 0) is 25.1 Å². The van der Waals surface area contributed by atoms with Crippen molar-refractivity contribution < 1.29 is 9.13 Å². The predicted octanol–water partition coefficient (Wildman–Crippen LogP) is 3.19. The Morgan fingerprint density at radius 3 is 2.92 bits per heavy atom. The minimum atomic E-state index is -0.927. The Balaban J connectivity index is 2.52. The number of hydrogen-bond acceptors (Lipinski definition) is 1. The number of hydrogen-bond donors (Lipinski definition) is 0. The number of halogens is 2. The molecule has 0 spiro atoms. The SMILES string of the molecule is CC(F)COc1cccc(Br)c1. The van der Waals surface area contributed by atoms with Gasteiger partial charge in [-0.15, -0.1) is 0 Å². The van der Waals surface area contributed by atoms with Gasteiger partial charge in [0.15, 0.2) is 0 Å². The van der Waals surface area contributed by atoms with Crippen LogP contribution >= 0.6 is 15.9 Å². The van der Waals surface area contributed by atoms with Crippen LogP contribution < -0.4 is 4.74 Å². The van der Waals surface area contributed by atoms with Gasteiger partial charge in [0.1, 0.15) is 18.5 Å². The molecule has 0 amide bonds. The molecule has 0 bridgehead atoms. The molecule has 1 nitrogen and oxygen atoms in total. The van der Waals surface area contributed by atoms with Crippen LogP contribution in [0.3, 0.4) is 0 Å². The summed E-state index contributed by atoms with van der Waals surface area (Å²) in [6, 6.07) is 7.35. The number of ether oxygens (including phenoxy) is 1. The third kappa shape index (κ3) is 3.22. The van der Waals surface area contributed by atoms with E-state index < -0.39 is 6.17 Å². The fraction of sp³-hybridized carbons (Fsp3) is 0.333. The van der Waals surface area contributed by atoms with Crippen molar-refractivity contribution in [2.45, 2.75) is 13.1 Å². The van der Waals surface area contributed by atoms with Gasteiger partial charge in [-0.3, -0.25) is 0 Å². The molecule has 0 N–H and O–H groups in total. The highest BCUT2D eigenvalue weighted by atomic mass is 79.9. The molecule has 0 aliphatic heterocycles. The van der Waals surface area contributed by atoms with Gasteiger partial charge in [-0.1, -0.05) is 22.0 Å². The molecule has 1 rings (SSSR count). The number of benzene rings is 1. The monoisotopic (exact) mass is 232 g/mol. The summed E-state index contributed by atoms with van der Waals surface area (Å²) in [6.45, 7) is 1.58. The van der Waals surface area contributed by atoms with E-state index in [2.05, 4.69) is 15.9 Å². The third-order valence-corrected chi connectivity index (χ3v) is 1.77. The van der Waals surface area contributed by atoms with Gasteiger partial charge in [-0.2, -0.15) is 0 Å². The molecule has 0 heterocycles. The lowest BCUT2D eigenvalue weighted by atomic mass is 10.3. The molecule has 1 aromatic rings. The van der Waals surface area contributed by atoms with Crippen LogP contribution in [0.1, 0.15) is 6.92 Å². The Kier molecular flexibility index (Phi) is 3.53. The van der Waals surface area contributed by atoms with E-state index in [0.717, 1.165) is 4.47 Å². The molecule has 3 heteroatoms. The number of rotatable bonds is 3. The molecule has 1 unspecified atom stereocenters. The molecule has 12 heavy (non-hydrogen) atoms. The smallest absolute Gasteiger partial charge is 0.131 e. The first-order valence-corrected chi connectivity index (χ1v) is 4.50. The van der Waals surface area contributed by atoms with Crippen molar-refractivity contribution in [3.8, 4) is 5.75 Å². The summed E-state index contributed by atoms with van der Waals surface area (Å²) in [5.74, 6) is 0.689. The second-order valence-corrected chi connectivity index (χ2v) is 3.46. The van der Waals surface area contributed by atoms with E-state index in [1.807, 2.05) is 18.2 Å². The van der Waals surface area contributed by atoms with Crippen molar-refractivity contribution in [3.05, 3.63) is 28.7 Å². The van der Waals surface area contributed by atoms with Gasteiger partial charge in [-0.25, -0.2) is 4.39 Å². The van der Waals surface area contributed by atoms with E-state index in [9.17, 15) is 4.39 Å². The van der Waals surface area contributed by atoms with Crippen molar-refractivity contribution in [2.24, 2.45) is 0 Å². The first-order valence-electron chi connectivity index (χ1n) is 3.71. The van der Waals surface area contributed by atoms with Gasteiger partial charge in [0.05, 0.1) is 0 Å². The summed E-state index contributed by atoms with van der Waals surface area (Å²) >= 11 is 3.30. The minimum Gasteiger partial charge on any atom is -0.491 e. The highest BCUT2D eigenvalue weighted by Crippen LogP contribution is 2.17. The summed E-state index contributed by atoms with van der Waals surface area (Å²) < 4.78 is 18.4. The average Bonchev–Trinajstić information content (AvgIpc) is 2.01. The van der Waals surface area contributed by atoms with Crippen LogP contribution in [0.5, 0.6) is 5.75 Å². The summed E-state index contributed by atoms with van der Waals surface area (Å²) in [7, 11) is 0. The number of alkyl halides is 1. The zero-order chi connectivity index (χ0) is 8.97. The van der Waals surface area contributed by atoms with Gasteiger partial charge >= 0.3 is 0 Å². The Bertz CT molecular complexity index is 250. The van der Waals surface area contributed by atoms with Gasteiger partial charge in [0.25, 0.3) is 0 Å². The van der Waals surface area contributed by atoms with Gasteiger partial charge in [0.2, 0.25) is 0 Å². The summed E-state index contributed by atoms with van der Waals surface area (Å²) in [5.41, 5.74) is 0. The molecule has 1 atom stereocenters. The highest BCUT2D eigenvalue weighted by molar-refractivity contribution is 9.10. The molecule has 0 saturated heterocycles. The first kappa shape index (κ1) is 9.52. The standard InChI is InChI=1S/C9H10BrFO/c1-7(11)6-12-9-4-2-3-8(10)5-9/h2-5,7H,6H2,1H3. The lowest BCUT2D eigenvalue weighted by Crippen LogP contribution is -2.07. The predicted molar refractivity (Wildman–Crippen MR) is 50.2 cm³/mol. The Labute approximate surface area is 79.7 Å². The summed E-state index contributed by atoms with van der Waals surface area (Å²) in [6.07, 6.45) is -0.927. The zero-order valence-electron chi connectivity index (χ0n) is 6.76. The van der Waals surface area contributed by atoms with E-state index in [1.165, 1.54) is 6.92 Å². The lowest BCUT2D eigenvalue weighted by molar-refractivity contribution is 0.209. The van der Waals surface area contributed by atoms with E-state index in [-0.39, 0.29) is 6.61 Å². The fourth-order valence-corrected chi connectivity index (χ4v) is 1.15. The quantitative estimate of drug-likeness (QED) is 0.778. The fourth-order valence-electron chi connectivity index (χ4n) is 0.768. The van der Waals surface area contributed by atoms with Crippen LogP contribution in [-0.4, -0.2) is 12.8 Å². The molecule has 0 saturated carbocycles. The minimum absolute atomic E-state index is 0.108. The Hall–Kier alpha value is -0.570. The molecule has 0 aliphatic carbocycles. The molecule has 1 aromatic carbocycles. The largest absolute Gasteiger partial charge is 0.491 e. The lowest BCUT2D eigenvalue weighted by Gasteiger charge is -2.06. The van der Waals surface area contributed by atoms with E-state index in [4.69, 9.17) is 4.74 Å². The van der Waals surface area contributed by atoms with Crippen LogP contribution in [0.4, 0.5) is 4.39 Å². The maximum Gasteiger partial charge on any atom is 0.131 e. The van der Waals surface area contributed by atoms with Crippen LogP contribution in [-0.2, 0) is 0 Å². The van der Waals surface area contributed by atoms with E-state index >= 15 is 0 Å². The molecule has 0 radical (unpaired) electrons. The van der Waals surface area contributed by atoms with Crippen LogP contribution in [0, 0.1) is 0 Å². The zero-order valence-corrected chi connectivity index (χ0v) is 8.34. The van der Waals surface area contributed by atoms with Crippen LogP contribution in [0.25, 0.3) is 0 Å². The third-order valence-electron chi connectivity index (χ3n) is 1.28. The molecule has 66 valence electrons. The van der Waals surface area contributed by atoms with Crippen molar-refractivity contribution in [3.63, 3.8) is 0 Å². The van der Waals surface area contributed by atoms with Gasteiger partial charge < -0.3 is 4.74 Å². The van der Waals surface area contributed by atoms with Crippen molar-refractivity contribution in [1.82, 2.24) is 0 Å². The summed E-state index contributed by atoms with van der Waals surface area (Å²) in [4.78, 5) is 0. The molecule has 0 aromatic heterocycles. The molecular weight excluding hydrogens is 223 g/mol. The maximum absolute atomic E-state index is 12.4. The van der Waals surface area contributed by atoms with Crippen LogP contribution in [0.15, 0.2) is 28.7 Å². The Morgan fingerprint density at radius 2 is 2.33 bits per heavy atom. The van der Waals surface area contributed by atoms with Crippen molar-refractivity contribution in [2.75, 3.05) is 6.61 Å². The van der Waals surface area contributed by atoms with E-state index in [0.29, 0.717) is 5.75 Å². The van der Waals surface area contributed by atoms with E-state index in [1.54, 1.807) is 6.07 Å². The van der Waals surface area contributed by atoms with Crippen LogP contribution in [0.2, 0.25) is 0 Å². The first-order chi connectivity index (χ1) is 5.68. The van der Waals surface area contributed by atoms with Crippen molar-refractivity contribution >= 4 is 15.9 Å². The topological polar surface area (TPSA) is 9.23 Å². The maximum atomic E-state index is 12.4. The van der Waals surface area contributed by atoms with Gasteiger partial charge in [0, 0.05) is 4.47 Å². The second-order valence-electron chi connectivity index (χ2n) is 2.55. The molecule has 0 aliphatic rings.